The van der Waals surface area contributed by atoms with Crippen molar-refractivity contribution in [3.63, 3.8) is 0 Å². The molecule has 0 radical (unpaired) electrons. The molecule has 2 aromatic rings. The number of rotatable bonds is 6. The quantitative estimate of drug-likeness (QED) is 0.360. The molecule has 0 spiro atoms. The van der Waals surface area contributed by atoms with E-state index in [2.05, 4.69) is 4.90 Å². The van der Waals surface area contributed by atoms with Crippen LogP contribution in [0.3, 0.4) is 0 Å². The van der Waals surface area contributed by atoms with Gasteiger partial charge >= 0.3 is 5.97 Å². The second kappa shape index (κ2) is 10.1. The van der Waals surface area contributed by atoms with Crippen LogP contribution < -0.4 is 9.64 Å². The fourth-order valence-electron chi connectivity index (χ4n) is 3.15. The number of piperazine rings is 1. The predicted molar refractivity (Wildman–Crippen MR) is 121 cm³/mol. The monoisotopic (exact) mass is 517 g/mol. The third kappa shape index (κ3) is 5.51. The Morgan fingerprint density at radius 2 is 1.83 bits per heavy atom. The van der Waals surface area contributed by atoms with E-state index in [9.17, 15) is 14.9 Å². The normalized spacial score (nSPS) is 14.2. The van der Waals surface area contributed by atoms with E-state index in [1.165, 1.54) is 0 Å². The number of aliphatic carboxylic acids is 1. The highest BCUT2D eigenvalue weighted by molar-refractivity contribution is 14.1. The number of carbonyl (C=O) groups is 2. The molecule has 8 heteroatoms. The molecule has 0 aliphatic carbocycles. The zero-order valence-corrected chi connectivity index (χ0v) is 18.3. The average molecular weight is 517 g/mol. The van der Waals surface area contributed by atoms with Crippen LogP contribution in [0.2, 0.25) is 0 Å². The summed E-state index contributed by atoms with van der Waals surface area (Å²) in [5, 5.41) is 18.2. The molecule has 0 unspecified atom stereocenters. The Morgan fingerprint density at radius 1 is 1.13 bits per heavy atom. The lowest BCUT2D eigenvalue weighted by molar-refractivity contribution is -0.139. The first-order chi connectivity index (χ1) is 14.5. The van der Waals surface area contributed by atoms with Crippen molar-refractivity contribution in [2.45, 2.75) is 0 Å². The molecule has 154 valence electrons. The van der Waals surface area contributed by atoms with Crippen LogP contribution in [-0.4, -0.2) is 54.7 Å². The highest BCUT2D eigenvalue weighted by Gasteiger charge is 2.23. The summed E-state index contributed by atoms with van der Waals surface area (Å²) < 4.78 is 5.90. The number of nitrogens with zero attached hydrogens (tertiary/aromatic N) is 3. The van der Waals surface area contributed by atoms with Crippen LogP contribution in [-0.2, 0) is 9.59 Å². The zero-order valence-electron chi connectivity index (χ0n) is 16.1. The number of amides is 1. The number of anilines is 1. The molecule has 3 rings (SSSR count). The number of carboxylic acid groups (broad SMARTS) is 1. The standard InChI is InChI=1S/C22H20IN3O4/c23-19-13-16(6-7-20(19)30-15-21(27)28)12-17(14-24)22(29)26-10-8-25(9-11-26)18-4-2-1-3-5-18/h1-7,12-13H,8-11,15H2,(H,27,28)/b17-12-. The molecule has 1 saturated heterocycles. The summed E-state index contributed by atoms with van der Waals surface area (Å²) in [6.45, 7) is 2.09. The van der Waals surface area contributed by atoms with Crippen molar-refractivity contribution >= 4 is 46.2 Å². The molecule has 1 aliphatic heterocycles. The molecular weight excluding hydrogens is 497 g/mol. The summed E-state index contributed by atoms with van der Waals surface area (Å²) in [6, 6.07) is 17.1. The molecule has 0 bridgehead atoms. The van der Waals surface area contributed by atoms with Gasteiger partial charge in [0.2, 0.25) is 0 Å². The minimum atomic E-state index is -1.06. The largest absolute Gasteiger partial charge is 0.481 e. The van der Waals surface area contributed by atoms with Gasteiger partial charge in [0.1, 0.15) is 17.4 Å². The summed E-state index contributed by atoms with van der Waals surface area (Å²) >= 11 is 2.03. The molecule has 1 N–H and O–H groups in total. The molecule has 1 aliphatic rings. The number of hydrogen-bond donors (Lipinski definition) is 1. The lowest BCUT2D eigenvalue weighted by atomic mass is 10.1. The SMILES string of the molecule is N#C/C(=C/c1ccc(OCC(=O)O)c(I)c1)C(=O)N1CCN(c2ccccc2)CC1. The van der Waals surface area contributed by atoms with Gasteiger partial charge in [0.25, 0.3) is 5.91 Å². The van der Waals surface area contributed by atoms with Gasteiger partial charge in [-0.3, -0.25) is 4.79 Å². The Hall–Kier alpha value is -3.06. The van der Waals surface area contributed by atoms with Crippen molar-refractivity contribution in [2.24, 2.45) is 0 Å². The van der Waals surface area contributed by atoms with Crippen molar-refractivity contribution in [1.82, 2.24) is 4.90 Å². The number of benzene rings is 2. The minimum Gasteiger partial charge on any atom is -0.481 e. The Labute approximate surface area is 188 Å². The van der Waals surface area contributed by atoms with Crippen LogP contribution in [0.15, 0.2) is 54.1 Å². The van der Waals surface area contributed by atoms with Crippen molar-refractivity contribution in [2.75, 3.05) is 37.7 Å². The van der Waals surface area contributed by atoms with Gasteiger partial charge in [-0.25, -0.2) is 4.79 Å². The van der Waals surface area contributed by atoms with E-state index in [-0.39, 0.29) is 11.5 Å². The van der Waals surface area contributed by atoms with E-state index in [0.29, 0.717) is 41.1 Å². The summed E-state index contributed by atoms with van der Waals surface area (Å²) in [5.74, 6) is -0.900. The van der Waals surface area contributed by atoms with Crippen molar-refractivity contribution < 1.29 is 19.4 Å². The Morgan fingerprint density at radius 3 is 2.43 bits per heavy atom. The first kappa shape index (κ1) is 21.6. The summed E-state index contributed by atoms with van der Waals surface area (Å²) in [5.41, 5.74) is 1.87. The van der Waals surface area contributed by atoms with Gasteiger partial charge in [0.15, 0.2) is 6.61 Å². The Kier molecular flexibility index (Phi) is 7.30. The fraction of sp³-hybridized carbons (Fsp3) is 0.227. The van der Waals surface area contributed by atoms with Gasteiger partial charge in [-0.15, -0.1) is 0 Å². The van der Waals surface area contributed by atoms with Crippen LogP contribution in [0.4, 0.5) is 5.69 Å². The van der Waals surface area contributed by atoms with Gasteiger partial charge in [-0.2, -0.15) is 5.26 Å². The summed E-state index contributed by atoms with van der Waals surface area (Å²) in [4.78, 5) is 27.4. The molecular formula is C22H20IN3O4. The maximum atomic E-state index is 12.8. The summed E-state index contributed by atoms with van der Waals surface area (Å²) in [7, 11) is 0. The highest BCUT2D eigenvalue weighted by atomic mass is 127. The molecule has 2 aromatic carbocycles. The number of ether oxygens (including phenoxy) is 1. The predicted octanol–water partition coefficient (Wildman–Crippen LogP) is 3.01. The molecule has 0 atom stereocenters. The van der Waals surface area contributed by atoms with Gasteiger partial charge in [0, 0.05) is 31.9 Å². The topological polar surface area (TPSA) is 93.9 Å². The lowest BCUT2D eigenvalue weighted by Crippen LogP contribution is -2.49. The third-order valence-electron chi connectivity index (χ3n) is 4.66. The second-order valence-electron chi connectivity index (χ2n) is 6.66. The number of hydrogen-bond acceptors (Lipinski definition) is 5. The molecule has 7 nitrogen and oxygen atoms in total. The van der Waals surface area contributed by atoms with Crippen molar-refractivity contribution in [3.8, 4) is 11.8 Å². The van der Waals surface area contributed by atoms with E-state index >= 15 is 0 Å². The lowest BCUT2D eigenvalue weighted by Gasteiger charge is -2.36. The maximum absolute atomic E-state index is 12.8. The van der Waals surface area contributed by atoms with E-state index in [0.717, 1.165) is 5.69 Å². The number of halogens is 1. The van der Waals surface area contributed by atoms with Gasteiger partial charge < -0.3 is 19.6 Å². The van der Waals surface area contributed by atoms with E-state index in [1.807, 2.05) is 59.0 Å². The van der Waals surface area contributed by atoms with Gasteiger partial charge in [-0.05, 0) is 58.5 Å². The molecule has 0 aromatic heterocycles. The third-order valence-corrected chi connectivity index (χ3v) is 5.50. The number of nitriles is 1. The van der Waals surface area contributed by atoms with Gasteiger partial charge in [0.05, 0.1) is 3.57 Å². The average Bonchev–Trinajstić information content (AvgIpc) is 2.77. The number of carboxylic acids is 1. The Balaban J connectivity index is 1.66. The maximum Gasteiger partial charge on any atom is 0.341 e. The second-order valence-corrected chi connectivity index (χ2v) is 7.82. The van der Waals surface area contributed by atoms with Crippen LogP contribution in [0.5, 0.6) is 5.75 Å². The Bertz CT molecular complexity index is 993. The van der Waals surface area contributed by atoms with E-state index in [4.69, 9.17) is 9.84 Å². The fourth-order valence-corrected chi connectivity index (χ4v) is 3.84. The van der Waals surface area contributed by atoms with E-state index < -0.39 is 12.6 Å². The van der Waals surface area contributed by atoms with Crippen LogP contribution in [0, 0.1) is 14.9 Å². The van der Waals surface area contributed by atoms with Crippen LogP contribution >= 0.6 is 22.6 Å². The van der Waals surface area contributed by atoms with Crippen molar-refractivity contribution in [1.29, 1.82) is 5.26 Å². The molecule has 30 heavy (non-hydrogen) atoms. The summed E-state index contributed by atoms with van der Waals surface area (Å²) in [6.07, 6.45) is 1.55. The number of carbonyl (C=O) groups excluding carboxylic acids is 1. The highest BCUT2D eigenvalue weighted by Crippen LogP contribution is 2.24. The molecule has 1 amide bonds. The van der Waals surface area contributed by atoms with Gasteiger partial charge in [-0.1, -0.05) is 24.3 Å². The smallest absolute Gasteiger partial charge is 0.341 e. The molecule has 1 fully saturated rings. The first-order valence-electron chi connectivity index (χ1n) is 9.33. The number of para-hydroxylation sites is 1. The zero-order chi connectivity index (χ0) is 21.5. The minimum absolute atomic E-state index is 0.0677. The van der Waals surface area contributed by atoms with E-state index in [1.54, 1.807) is 29.2 Å². The molecule has 0 saturated carbocycles. The first-order valence-corrected chi connectivity index (χ1v) is 10.4. The van der Waals surface area contributed by atoms with Crippen LogP contribution in [0.1, 0.15) is 5.56 Å². The van der Waals surface area contributed by atoms with Crippen LogP contribution in [0.25, 0.3) is 6.08 Å². The molecule has 1 heterocycles. The van der Waals surface area contributed by atoms with Crippen molar-refractivity contribution in [3.05, 3.63) is 63.2 Å².